The van der Waals surface area contributed by atoms with E-state index in [1.807, 2.05) is 0 Å². The van der Waals surface area contributed by atoms with Crippen LogP contribution in [0.2, 0.25) is 0 Å². The molecule has 1 saturated carbocycles. The van der Waals surface area contributed by atoms with E-state index in [1.165, 1.54) is 0 Å². The van der Waals surface area contributed by atoms with Crippen molar-refractivity contribution in [2.75, 3.05) is 6.54 Å². The molecule has 1 aliphatic carbocycles. The Hall–Kier alpha value is -1.06. The van der Waals surface area contributed by atoms with Gasteiger partial charge in [-0.1, -0.05) is 33.1 Å². The third-order valence-corrected chi connectivity index (χ3v) is 4.01. The van der Waals surface area contributed by atoms with Crippen LogP contribution in [0, 0.1) is 11.3 Å². The van der Waals surface area contributed by atoms with E-state index in [-0.39, 0.29) is 12.3 Å². The summed E-state index contributed by atoms with van der Waals surface area (Å²) in [5.74, 6) is -0.429. The maximum Gasteiger partial charge on any atom is 0.310 e. The zero-order valence-corrected chi connectivity index (χ0v) is 10.8. The van der Waals surface area contributed by atoms with E-state index in [9.17, 15) is 9.59 Å². The summed E-state index contributed by atoms with van der Waals surface area (Å²) in [5.41, 5.74) is -0.766. The van der Waals surface area contributed by atoms with Crippen LogP contribution in [-0.2, 0) is 9.59 Å². The molecular weight excluding hydrogens is 218 g/mol. The van der Waals surface area contributed by atoms with E-state index >= 15 is 0 Å². The van der Waals surface area contributed by atoms with E-state index in [4.69, 9.17) is 5.11 Å². The number of carboxylic acids is 1. The molecule has 0 aliphatic heterocycles. The molecule has 0 bridgehead atoms. The number of amides is 1. The van der Waals surface area contributed by atoms with Gasteiger partial charge >= 0.3 is 5.97 Å². The summed E-state index contributed by atoms with van der Waals surface area (Å²) in [6.07, 6.45) is 4.43. The van der Waals surface area contributed by atoms with Crippen molar-refractivity contribution in [1.82, 2.24) is 5.32 Å². The van der Waals surface area contributed by atoms with Gasteiger partial charge in [-0.2, -0.15) is 0 Å². The molecule has 1 amide bonds. The van der Waals surface area contributed by atoms with Gasteiger partial charge in [0.25, 0.3) is 0 Å². The lowest BCUT2D eigenvalue weighted by molar-refractivity contribution is -0.157. The normalized spacial score (nSPS) is 17.6. The van der Waals surface area contributed by atoms with Crippen LogP contribution in [0.1, 0.15) is 52.4 Å². The number of hydrogen-bond acceptors (Lipinski definition) is 2. The van der Waals surface area contributed by atoms with Gasteiger partial charge in [0.2, 0.25) is 5.91 Å². The minimum atomic E-state index is -0.818. The van der Waals surface area contributed by atoms with Gasteiger partial charge < -0.3 is 10.4 Å². The van der Waals surface area contributed by atoms with Crippen molar-refractivity contribution in [3.63, 3.8) is 0 Å². The standard InChI is InChI=1S/C13H23NO3/c1-3-10(4-2)9-14-11(15)8-13(12(16)17)6-5-7-13/h10H,3-9H2,1-2H3,(H,14,15)(H,16,17). The second-order valence-corrected chi connectivity index (χ2v) is 5.10. The van der Waals surface area contributed by atoms with Crippen LogP contribution in [0.3, 0.4) is 0 Å². The number of carboxylic acid groups (broad SMARTS) is 1. The Morgan fingerprint density at radius 1 is 1.29 bits per heavy atom. The van der Waals surface area contributed by atoms with Gasteiger partial charge in [-0.05, 0) is 18.8 Å². The minimum absolute atomic E-state index is 0.112. The molecule has 0 atom stereocenters. The Bertz CT molecular complexity index is 280. The summed E-state index contributed by atoms with van der Waals surface area (Å²) in [4.78, 5) is 22.8. The Labute approximate surface area is 103 Å². The molecule has 17 heavy (non-hydrogen) atoms. The van der Waals surface area contributed by atoms with Gasteiger partial charge in [0.05, 0.1) is 5.41 Å². The molecule has 0 aromatic carbocycles. The number of aliphatic carboxylic acids is 1. The number of carbonyl (C=O) groups is 2. The predicted octanol–water partition coefficient (Wildman–Crippen LogP) is 2.18. The highest BCUT2D eigenvalue weighted by Crippen LogP contribution is 2.44. The molecule has 0 unspecified atom stereocenters. The molecule has 4 heteroatoms. The largest absolute Gasteiger partial charge is 0.481 e. The highest BCUT2D eigenvalue weighted by Gasteiger charge is 2.45. The van der Waals surface area contributed by atoms with Crippen LogP contribution in [-0.4, -0.2) is 23.5 Å². The van der Waals surface area contributed by atoms with E-state index in [0.717, 1.165) is 19.3 Å². The third kappa shape index (κ3) is 3.45. The molecule has 0 aromatic heterocycles. The number of nitrogens with one attached hydrogen (secondary N) is 1. The second-order valence-electron chi connectivity index (χ2n) is 5.10. The second kappa shape index (κ2) is 6.03. The lowest BCUT2D eigenvalue weighted by Crippen LogP contribution is -2.43. The fourth-order valence-electron chi connectivity index (χ4n) is 2.28. The number of hydrogen-bond donors (Lipinski definition) is 2. The smallest absolute Gasteiger partial charge is 0.310 e. The fraction of sp³-hybridized carbons (Fsp3) is 0.846. The zero-order valence-electron chi connectivity index (χ0n) is 10.8. The van der Waals surface area contributed by atoms with Gasteiger partial charge in [-0.25, -0.2) is 0 Å². The number of carbonyl (C=O) groups excluding carboxylic acids is 1. The van der Waals surface area contributed by atoms with Gasteiger partial charge in [0.15, 0.2) is 0 Å². The summed E-state index contributed by atoms with van der Waals surface area (Å²) in [7, 11) is 0. The van der Waals surface area contributed by atoms with Crippen LogP contribution in [0.4, 0.5) is 0 Å². The highest BCUT2D eigenvalue weighted by atomic mass is 16.4. The summed E-state index contributed by atoms with van der Waals surface area (Å²) < 4.78 is 0. The molecule has 0 radical (unpaired) electrons. The average molecular weight is 241 g/mol. The van der Waals surface area contributed by atoms with E-state index in [1.54, 1.807) is 0 Å². The van der Waals surface area contributed by atoms with Crippen molar-refractivity contribution in [3.05, 3.63) is 0 Å². The van der Waals surface area contributed by atoms with Gasteiger partial charge in [-0.15, -0.1) is 0 Å². The number of rotatable bonds is 7. The first-order chi connectivity index (χ1) is 8.04. The molecule has 2 N–H and O–H groups in total. The average Bonchev–Trinajstić information content (AvgIpc) is 2.24. The van der Waals surface area contributed by atoms with Crippen LogP contribution < -0.4 is 5.32 Å². The minimum Gasteiger partial charge on any atom is -0.481 e. The lowest BCUT2D eigenvalue weighted by Gasteiger charge is -2.37. The van der Waals surface area contributed by atoms with Crippen molar-refractivity contribution >= 4 is 11.9 Å². The molecular formula is C13H23NO3. The van der Waals surface area contributed by atoms with Crippen LogP contribution >= 0.6 is 0 Å². The van der Waals surface area contributed by atoms with E-state index in [0.29, 0.717) is 25.3 Å². The zero-order chi connectivity index (χ0) is 12.9. The van der Waals surface area contributed by atoms with Crippen molar-refractivity contribution in [1.29, 1.82) is 0 Å². The summed E-state index contributed by atoms with van der Waals surface area (Å²) in [5, 5.41) is 12.0. The van der Waals surface area contributed by atoms with Crippen molar-refractivity contribution < 1.29 is 14.7 Å². The Morgan fingerprint density at radius 3 is 2.24 bits per heavy atom. The van der Waals surface area contributed by atoms with Crippen molar-refractivity contribution in [2.45, 2.75) is 52.4 Å². The Balaban J connectivity index is 2.36. The first-order valence-electron chi connectivity index (χ1n) is 6.54. The molecule has 4 nitrogen and oxygen atoms in total. The molecule has 1 rings (SSSR count). The van der Waals surface area contributed by atoms with E-state index in [2.05, 4.69) is 19.2 Å². The first kappa shape index (κ1) is 14.0. The topological polar surface area (TPSA) is 66.4 Å². The molecule has 1 fully saturated rings. The Kier molecular flexibility index (Phi) is 4.97. The lowest BCUT2D eigenvalue weighted by atomic mass is 9.66. The quantitative estimate of drug-likeness (QED) is 0.718. The third-order valence-electron chi connectivity index (χ3n) is 4.01. The molecule has 0 aromatic rings. The maximum atomic E-state index is 11.7. The SMILES string of the molecule is CCC(CC)CNC(=O)CC1(C(=O)O)CCC1. The van der Waals surface area contributed by atoms with E-state index < -0.39 is 11.4 Å². The summed E-state index contributed by atoms with van der Waals surface area (Å²) in [6, 6.07) is 0. The molecule has 0 spiro atoms. The maximum absolute atomic E-state index is 11.7. The van der Waals surface area contributed by atoms with Gasteiger partial charge in [0, 0.05) is 13.0 Å². The first-order valence-corrected chi connectivity index (χ1v) is 6.54. The molecule has 0 saturated heterocycles. The van der Waals surface area contributed by atoms with Crippen LogP contribution in [0.5, 0.6) is 0 Å². The molecule has 98 valence electrons. The summed E-state index contributed by atoms with van der Waals surface area (Å²) >= 11 is 0. The van der Waals surface area contributed by atoms with Gasteiger partial charge in [0.1, 0.15) is 0 Å². The Morgan fingerprint density at radius 2 is 1.88 bits per heavy atom. The molecule has 0 heterocycles. The highest BCUT2D eigenvalue weighted by molar-refractivity contribution is 5.85. The summed E-state index contributed by atoms with van der Waals surface area (Å²) in [6.45, 7) is 4.87. The van der Waals surface area contributed by atoms with Crippen molar-refractivity contribution in [2.24, 2.45) is 11.3 Å². The predicted molar refractivity (Wildman–Crippen MR) is 65.6 cm³/mol. The fourth-order valence-corrected chi connectivity index (χ4v) is 2.28. The van der Waals surface area contributed by atoms with Crippen molar-refractivity contribution in [3.8, 4) is 0 Å². The molecule has 1 aliphatic rings. The van der Waals surface area contributed by atoms with Gasteiger partial charge in [-0.3, -0.25) is 9.59 Å². The van der Waals surface area contributed by atoms with Crippen LogP contribution in [0.25, 0.3) is 0 Å². The monoisotopic (exact) mass is 241 g/mol. The van der Waals surface area contributed by atoms with Crippen LogP contribution in [0.15, 0.2) is 0 Å².